The van der Waals surface area contributed by atoms with E-state index in [9.17, 15) is 13.2 Å². The SMILES string of the molecule is O=C(NCCCCCCS(=O)(=O)N(CCN1CCOCC1)OCC1CCCCC1)NCCc1cccnc1. The minimum absolute atomic E-state index is 0.0863. The lowest BCUT2D eigenvalue weighted by Crippen LogP contribution is -2.44. The van der Waals surface area contributed by atoms with Crippen LogP contribution in [0.15, 0.2) is 24.5 Å². The first-order chi connectivity index (χ1) is 18.5. The maximum absolute atomic E-state index is 13.1. The Labute approximate surface area is 228 Å². The Balaban J connectivity index is 1.30. The first-order valence-corrected chi connectivity index (χ1v) is 16.0. The maximum atomic E-state index is 13.1. The van der Waals surface area contributed by atoms with Crippen molar-refractivity contribution in [3.63, 3.8) is 0 Å². The molecule has 216 valence electrons. The molecule has 1 aromatic heterocycles. The van der Waals surface area contributed by atoms with E-state index in [2.05, 4.69) is 20.5 Å². The molecule has 2 N–H and O–H groups in total. The minimum Gasteiger partial charge on any atom is -0.379 e. The Morgan fingerprint density at radius 3 is 2.61 bits per heavy atom. The molecule has 0 aromatic carbocycles. The van der Waals surface area contributed by atoms with Crippen LogP contribution in [0, 0.1) is 5.92 Å². The lowest BCUT2D eigenvalue weighted by Gasteiger charge is -2.30. The fraction of sp³-hybridized carbons (Fsp3) is 0.778. The van der Waals surface area contributed by atoms with Crippen molar-refractivity contribution in [2.75, 3.05) is 64.8 Å². The number of hydrogen-bond acceptors (Lipinski definition) is 7. The van der Waals surface area contributed by atoms with Crippen LogP contribution in [0.2, 0.25) is 0 Å². The summed E-state index contributed by atoms with van der Waals surface area (Å²) in [6.07, 6.45) is 13.2. The van der Waals surface area contributed by atoms with E-state index in [1.165, 1.54) is 23.7 Å². The number of hydrogen-bond donors (Lipinski definition) is 2. The van der Waals surface area contributed by atoms with Gasteiger partial charge in [0.2, 0.25) is 10.0 Å². The molecule has 1 aromatic rings. The number of aromatic nitrogens is 1. The standard InChI is InChI=1S/C27H47N5O5S/c33-27(30-15-12-25-11-8-13-28-23-25)29-14-6-1-2-7-22-38(34,35)32(17-16-31-18-20-36-21-19-31)37-24-26-9-4-3-5-10-26/h8,11,13,23,26H,1-7,9-10,12,14-22,24H2,(H2,29,30,33). The molecule has 0 atom stereocenters. The minimum atomic E-state index is -3.49. The van der Waals surface area contributed by atoms with Gasteiger partial charge >= 0.3 is 6.03 Å². The van der Waals surface area contributed by atoms with Crippen molar-refractivity contribution in [3.8, 4) is 0 Å². The molecule has 2 aliphatic rings. The molecule has 11 heteroatoms. The third-order valence-corrected chi connectivity index (χ3v) is 8.94. The van der Waals surface area contributed by atoms with Gasteiger partial charge in [0.25, 0.3) is 0 Å². The normalized spacial score (nSPS) is 17.5. The highest BCUT2D eigenvalue weighted by Gasteiger charge is 2.26. The zero-order chi connectivity index (χ0) is 26.9. The van der Waals surface area contributed by atoms with Gasteiger partial charge in [-0.1, -0.05) is 42.6 Å². The molecule has 0 bridgehead atoms. The predicted octanol–water partition coefficient (Wildman–Crippen LogP) is 2.96. The quantitative estimate of drug-likeness (QED) is 0.225. The number of carbonyl (C=O) groups is 1. The smallest absolute Gasteiger partial charge is 0.314 e. The molecule has 2 fully saturated rings. The van der Waals surface area contributed by atoms with Crippen LogP contribution in [0.1, 0.15) is 63.4 Å². The number of rotatable bonds is 17. The molecule has 3 rings (SSSR count). The van der Waals surface area contributed by atoms with Crippen molar-refractivity contribution >= 4 is 16.1 Å². The zero-order valence-corrected chi connectivity index (χ0v) is 23.6. The van der Waals surface area contributed by atoms with Gasteiger partial charge in [0, 0.05) is 45.1 Å². The third kappa shape index (κ3) is 12.4. The second kappa shape index (κ2) is 17.7. The van der Waals surface area contributed by atoms with Gasteiger partial charge in [0.1, 0.15) is 0 Å². The summed E-state index contributed by atoms with van der Waals surface area (Å²) in [5.41, 5.74) is 1.08. The highest BCUT2D eigenvalue weighted by atomic mass is 32.2. The monoisotopic (exact) mass is 553 g/mol. The zero-order valence-electron chi connectivity index (χ0n) is 22.8. The summed E-state index contributed by atoms with van der Waals surface area (Å²) >= 11 is 0. The van der Waals surface area contributed by atoms with Crippen LogP contribution >= 0.6 is 0 Å². The number of ether oxygens (including phenoxy) is 1. The average Bonchev–Trinajstić information content (AvgIpc) is 2.94. The average molecular weight is 554 g/mol. The summed E-state index contributed by atoms with van der Waals surface area (Å²) in [4.78, 5) is 24.2. The number of unbranched alkanes of at least 4 members (excludes halogenated alkanes) is 3. The van der Waals surface area contributed by atoms with Gasteiger partial charge in [-0.05, 0) is 49.7 Å². The van der Waals surface area contributed by atoms with E-state index in [1.54, 1.807) is 12.4 Å². The third-order valence-electron chi connectivity index (χ3n) is 7.23. The summed E-state index contributed by atoms with van der Waals surface area (Å²) in [6, 6.07) is 3.69. The number of urea groups is 1. The van der Waals surface area contributed by atoms with Gasteiger partial charge in [-0.25, -0.2) is 13.2 Å². The molecule has 0 spiro atoms. The lowest BCUT2D eigenvalue weighted by molar-refractivity contribution is -0.107. The topological polar surface area (TPSA) is 113 Å². The van der Waals surface area contributed by atoms with Crippen molar-refractivity contribution in [3.05, 3.63) is 30.1 Å². The predicted molar refractivity (Wildman–Crippen MR) is 148 cm³/mol. The molecular weight excluding hydrogens is 506 g/mol. The fourth-order valence-electron chi connectivity index (χ4n) is 4.87. The molecule has 0 unspecified atom stereocenters. The summed E-state index contributed by atoms with van der Waals surface area (Å²) in [7, 11) is -3.49. The fourth-order valence-corrected chi connectivity index (χ4v) is 6.22. The van der Waals surface area contributed by atoms with Crippen LogP contribution in [-0.2, 0) is 26.0 Å². The summed E-state index contributed by atoms with van der Waals surface area (Å²) in [6.45, 7) is 5.66. The van der Waals surface area contributed by atoms with Crippen molar-refractivity contribution in [1.82, 2.24) is 25.0 Å². The van der Waals surface area contributed by atoms with Crippen molar-refractivity contribution in [2.45, 2.75) is 64.2 Å². The van der Waals surface area contributed by atoms with Crippen LogP contribution in [0.3, 0.4) is 0 Å². The van der Waals surface area contributed by atoms with E-state index >= 15 is 0 Å². The highest BCUT2D eigenvalue weighted by Crippen LogP contribution is 2.24. The number of sulfonamides is 1. The number of amides is 2. The Hall–Kier alpha value is -1.79. The maximum Gasteiger partial charge on any atom is 0.314 e. The lowest BCUT2D eigenvalue weighted by atomic mass is 9.90. The number of nitrogens with zero attached hydrogens (tertiary/aromatic N) is 3. The van der Waals surface area contributed by atoms with Crippen LogP contribution in [0.5, 0.6) is 0 Å². The van der Waals surface area contributed by atoms with Gasteiger partial charge in [-0.2, -0.15) is 0 Å². The van der Waals surface area contributed by atoms with E-state index in [-0.39, 0.29) is 11.8 Å². The molecule has 1 aliphatic carbocycles. The second-order valence-corrected chi connectivity index (χ2v) is 12.3. The molecule has 10 nitrogen and oxygen atoms in total. The molecule has 38 heavy (non-hydrogen) atoms. The van der Waals surface area contributed by atoms with E-state index in [1.807, 2.05) is 12.1 Å². The van der Waals surface area contributed by atoms with Gasteiger partial charge < -0.3 is 15.4 Å². The van der Waals surface area contributed by atoms with E-state index in [0.717, 1.165) is 57.2 Å². The molecule has 1 saturated carbocycles. The molecule has 1 aliphatic heterocycles. The van der Waals surface area contributed by atoms with Gasteiger partial charge in [-0.15, -0.1) is 0 Å². The van der Waals surface area contributed by atoms with Crippen LogP contribution in [-0.4, -0.2) is 93.6 Å². The second-order valence-electron chi connectivity index (χ2n) is 10.3. The van der Waals surface area contributed by atoms with Gasteiger partial charge in [0.15, 0.2) is 0 Å². The van der Waals surface area contributed by atoms with Gasteiger partial charge in [0.05, 0.1) is 32.1 Å². The van der Waals surface area contributed by atoms with Crippen molar-refractivity contribution < 1.29 is 22.8 Å². The van der Waals surface area contributed by atoms with E-state index in [4.69, 9.17) is 9.57 Å². The molecule has 2 amide bonds. The number of morpholine rings is 1. The Bertz CT molecular complexity index is 855. The van der Waals surface area contributed by atoms with Crippen molar-refractivity contribution in [1.29, 1.82) is 0 Å². The van der Waals surface area contributed by atoms with Crippen LogP contribution in [0.25, 0.3) is 0 Å². The summed E-state index contributed by atoms with van der Waals surface area (Å²) < 4.78 is 33.0. The number of hydroxylamine groups is 1. The molecule has 0 radical (unpaired) electrons. The van der Waals surface area contributed by atoms with Crippen LogP contribution < -0.4 is 10.6 Å². The number of pyridine rings is 1. The van der Waals surface area contributed by atoms with Gasteiger partial charge in [-0.3, -0.25) is 14.7 Å². The van der Waals surface area contributed by atoms with Crippen molar-refractivity contribution in [2.24, 2.45) is 5.92 Å². The molecule has 1 saturated heterocycles. The van der Waals surface area contributed by atoms with E-state index < -0.39 is 10.0 Å². The largest absolute Gasteiger partial charge is 0.379 e. The first-order valence-electron chi connectivity index (χ1n) is 14.4. The number of carbonyl (C=O) groups excluding carboxylic acids is 1. The Morgan fingerprint density at radius 1 is 1.08 bits per heavy atom. The summed E-state index contributed by atoms with van der Waals surface area (Å²) in [5, 5.41) is 5.71. The Morgan fingerprint density at radius 2 is 1.84 bits per heavy atom. The molecular formula is C27H47N5O5S. The summed E-state index contributed by atoms with van der Waals surface area (Å²) in [5.74, 6) is 0.535. The molecule has 2 heterocycles. The number of nitrogens with one attached hydrogen (secondary N) is 2. The Kier molecular flexibility index (Phi) is 14.3. The highest BCUT2D eigenvalue weighted by molar-refractivity contribution is 7.88. The first kappa shape index (κ1) is 30.7. The van der Waals surface area contributed by atoms with E-state index in [0.29, 0.717) is 58.3 Å². The van der Waals surface area contributed by atoms with Crippen LogP contribution in [0.4, 0.5) is 4.79 Å².